The lowest BCUT2D eigenvalue weighted by Gasteiger charge is -2.20. The molecule has 0 saturated heterocycles. The van der Waals surface area contributed by atoms with Crippen LogP contribution in [0.4, 0.5) is 5.69 Å². The number of amides is 2. The summed E-state index contributed by atoms with van der Waals surface area (Å²) in [5, 5.41) is 8.63. The minimum Gasteiger partial charge on any atom is -0.383 e. The van der Waals surface area contributed by atoms with E-state index in [0.717, 1.165) is 5.69 Å². The summed E-state index contributed by atoms with van der Waals surface area (Å²) in [4.78, 5) is 23.7. The van der Waals surface area contributed by atoms with E-state index in [0.29, 0.717) is 18.7 Å². The van der Waals surface area contributed by atoms with Gasteiger partial charge < -0.3 is 20.7 Å². The number of rotatable bonds is 7. The number of methoxy groups -OCH3 is 1. The van der Waals surface area contributed by atoms with Crippen LogP contribution in [-0.2, 0) is 9.53 Å². The molecule has 3 N–H and O–H groups in total. The molecule has 0 bridgehead atoms. The van der Waals surface area contributed by atoms with Crippen LogP contribution in [-0.4, -0.2) is 44.2 Å². The number of carbonyl (C=O) groups is 2. The Balaban J connectivity index is 2.53. The smallest absolute Gasteiger partial charge is 0.251 e. The third-order valence-electron chi connectivity index (χ3n) is 2.68. The number of nitrogens with one attached hydrogen (secondary N) is 3. The molecule has 122 valence electrons. The van der Waals surface area contributed by atoms with Gasteiger partial charge in [-0.15, -0.1) is 0 Å². The van der Waals surface area contributed by atoms with E-state index in [9.17, 15) is 9.59 Å². The number of hydrogen-bond acceptors (Lipinski definition) is 4. The zero-order valence-electron chi connectivity index (χ0n) is 13.7. The van der Waals surface area contributed by atoms with E-state index in [1.54, 1.807) is 25.3 Å². The highest BCUT2D eigenvalue weighted by atomic mass is 16.5. The van der Waals surface area contributed by atoms with Crippen molar-refractivity contribution >= 4 is 17.5 Å². The van der Waals surface area contributed by atoms with Crippen LogP contribution in [0, 0.1) is 0 Å². The van der Waals surface area contributed by atoms with E-state index in [1.165, 1.54) is 0 Å². The Morgan fingerprint density at radius 2 is 1.95 bits per heavy atom. The fourth-order valence-corrected chi connectivity index (χ4v) is 1.78. The van der Waals surface area contributed by atoms with Gasteiger partial charge in [-0.3, -0.25) is 9.59 Å². The van der Waals surface area contributed by atoms with Crippen molar-refractivity contribution in [3.8, 4) is 0 Å². The first-order valence-electron chi connectivity index (χ1n) is 7.24. The summed E-state index contributed by atoms with van der Waals surface area (Å²) in [5.41, 5.74) is 1.00. The Hall–Kier alpha value is -2.08. The van der Waals surface area contributed by atoms with Crippen molar-refractivity contribution in [2.75, 3.05) is 32.1 Å². The van der Waals surface area contributed by atoms with Gasteiger partial charge in [-0.05, 0) is 39.0 Å². The Labute approximate surface area is 131 Å². The minimum atomic E-state index is -0.262. The second-order valence-corrected chi connectivity index (χ2v) is 5.98. The van der Waals surface area contributed by atoms with E-state index in [1.807, 2.05) is 26.8 Å². The second kappa shape index (κ2) is 8.38. The molecule has 0 heterocycles. The molecule has 0 aromatic heterocycles. The van der Waals surface area contributed by atoms with Gasteiger partial charge in [0.05, 0.1) is 13.2 Å². The number of carbonyl (C=O) groups excluding carboxylic acids is 2. The maximum Gasteiger partial charge on any atom is 0.251 e. The average Bonchev–Trinajstić information content (AvgIpc) is 2.44. The molecule has 6 heteroatoms. The average molecular weight is 307 g/mol. The Bertz CT molecular complexity index is 510. The molecule has 0 fully saturated rings. The highest BCUT2D eigenvalue weighted by Gasteiger charge is 2.13. The third kappa shape index (κ3) is 7.08. The summed E-state index contributed by atoms with van der Waals surface area (Å²) in [6.45, 7) is 6.87. The highest BCUT2D eigenvalue weighted by molar-refractivity contribution is 5.95. The molecule has 1 aromatic rings. The molecule has 22 heavy (non-hydrogen) atoms. The molecule has 0 spiro atoms. The number of hydrogen-bond donors (Lipinski definition) is 3. The van der Waals surface area contributed by atoms with Gasteiger partial charge >= 0.3 is 0 Å². The van der Waals surface area contributed by atoms with E-state index < -0.39 is 0 Å². The number of ether oxygens (including phenoxy) is 1. The summed E-state index contributed by atoms with van der Waals surface area (Å²) < 4.78 is 4.88. The first kappa shape index (κ1) is 18.0. The zero-order chi connectivity index (χ0) is 16.6. The van der Waals surface area contributed by atoms with Gasteiger partial charge in [-0.25, -0.2) is 0 Å². The van der Waals surface area contributed by atoms with Crippen LogP contribution in [0.3, 0.4) is 0 Å². The van der Waals surface area contributed by atoms with E-state index in [4.69, 9.17) is 4.74 Å². The molecule has 1 aromatic carbocycles. The van der Waals surface area contributed by atoms with Crippen molar-refractivity contribution in [2.45, 2.75) is 26.3 Å². The van der Waals surface area contributed by atoms with Crippen molar-refractivity contribution in [1.29, 1.82) is 0 Å². The minimum absolute atomic E-state index is 0.0950. The van der Waals surface area contributed by atoms with Crippen LogP contribution in [0.5, 0.6) is 0 Å². The van der Waals surface area contributed by atoms with Gasteiger partial charge in [0.15, 0.2) is 0 Å². The molecule has 0 aliphatic heterocycles. The lowest BCUT2D eigenvalue weighted by atomic mass is 10.1. The van der Waals surface area contributed by atoms with Crippen LogP contribution in [0.25, 0.3) is 0 Å². The summed E-state index contributed by atoms with van der Waals surface area (Å²) in [6, 6.07) is 7.03. The van der Waals surface area contributed by atoms with Crippen molar-refractivity contribution in [2.24, 2.45) is 0 Å². The van der Waals surface area contributed by atoms with Gasteiger partial charge in [0.2, 0.25) is 5.91 Å². The number of anilines is 1. The zero-order valence-corrected chi connectivity index (χ0v) is 13.7. The molecule has 2 amide bonds. The van der Waals surface area contributed by atoms with Gasteiger partial charge in [-0.2, -0.15) is 0 Å². The summed E-state index contributed by atoms with van der Waals surface area (Å²) in [5.74, 6) is -0.262. The highest BCUT2D eigenvalue weighted by Crippen LogP contribution is 2.10. The summed E-state index contributed by atoms with van der Waals surface area (Å²) in [7, 11) is 1.58. The third-order valence-corrected chi connectivity index (χ3v) is 2.68. The Morgan fingerprint density at radius 1 is 1.23 bits per heavy atom. The van der Waals surface area contributed by atoms with Crippen molar-refractivity contribution in [3.63, 3.8) is 0 Å². The SMILES string of the molecule is COCCNC(=O)c1cccc(NCC(=O)NC(C)(C)C)c1. The van der Waals surface area contributed by atoms with Crippen LogP contribution in [0.15, 0.2) is 24.3 Å². The van der Waals surface area contributed by atoms with Crippen molar-refractivity contribution in [3.05, 3.63) is 29.8 Å². The van der Waals surface area contributed by atoms with E-state index in [-0.39, 0.29) is 23.9 Å². The fourth-order valence-electron chi connectivity index (χ4n) is 1.78. The molecular formula is C16H25N3O3. The number of benzene rings is 1. The quantitative estimate of drug-likeness (QED) is 0.665. The summed E-state index contributed by atoms with van der Waals surface area (Å²) >= 11 is 0. The van der Waals surface area contributed by atoms with Crippen LogP contribution in [0.1, 0.15) is 31.1 Å². The molecule has 0 atom stereocenters. The monoisotopic (exact) mass is 307 g/mol. The second-order valence-electron chi connectivity index (χ2n) is 5.98. The first-order valence-corrected chi connectivity index (χ1v) is 7.24. The van der Waals surface area contributed by atoms with E-state index >= 15 is 0 Å². The normalized spacial score (nSPS) is 10.9. The van der Waals surface area contributed by atoms with E-state index in [2.05, 4.69) is 16.0 Å². The Kier molecular flexibility index (Phi) is 6.85. The van der Waals surface area contributed by atoms with Gasteiger partial charge in [0, 0.05) is 30.4 Å². The topological polar surface area (TPSA) is 79.5 Å². The lowest BCUT2D eigenvalue weighted by Crippen LogP contribution is -2.43. The maximum absolute atomic E-state index is 11.9. The Morgan fingerprint density at radius 3 is 2.59 bits per heavy atom. The van der Waals surface area contributed by atoms with Crippen molar-refractivity contribution in [1.82, 2.24) is 10.6 Å². The fraction of sp³-hybridized carbons (Fsp3) is 0.500. The molecule has 6 nitrogen and oxygen atoms in total. The van der Waals surface area contributed by atoms with Crippen LogP contribution >= 0.6 is 0 Å². The van der Waals surface area contributed by atoms with Gasteiger partial charge in [0.1, 0.15) is 0 Å². The predicted molar refractivity (Wildman–Crippen MR) is 87.0 cm³/mol. The predicted octanol–water partition coefficient (Wildman–Crippen LogP) is 1.39. The summed E-state index contributed by atoms with van der Waals surface area (Å²) in [6.07, 6.45) is 0. The standard InChI is InChI=1S/C16H25N3O3/c1-16(2,3)19-14(20)11-18-13-7-5-6-12(10-13)15(21)17-8-9-22-4/h5-7,10,18H,8-9,11H2,1-4H3,(H,17,21)(H,19,20). The molecule has 0 aliphatic rings. The molecule has 0 aliphatic carbocycles. The molecule has 0 radical (unpaired) electrons. The van der Waals surface area contributed by atoms with Gasteiger partial charge in [-0.1, -0.05) is 6.07 Å². The van der Waals surface area contributed by atoms with Crippen LogP contribution < -0.4 is 16.0 Å². The molecule has 0 unspecified atom stereocenters. The largest absolute Gasteiger partial charge is 0.383 e. The molecular weight excluding hydrogens is 282 g/mol. The maximum atomic E-state index is 11.9. The van der Waals surface area contributed by atoms with Gasteiger partial charge in [0.25, 0.3) is 5.91 Å². The lowest BCUT2D eigenvalue weighted by molar-refractivity contribution is -0.120. The molecule has 0 saturated carbocycles. The molecule has 1 rings (SSSR count). The van der Waals surface area contributed by atoms with Crippen LogP contribution in [0.2, 0.25) is 0 Å². The first-order chi connectivity index (χ1) is 10.3. The van der Waals surface area contributed by atoms with Crippen molar-refractivity contribution < 1.29 is 14.3 Å².